The first-order valence-corrected chi connectivity index (χ1v) is 16.1. The van der Waals surface area contributed by atoms with E-state index in [9.17, 15) is 19.5 Å². The van der Waals surface area contributed by atoms with E-state index in [4.69, 9.17) is 28.7 Å². The van der Waals surface area contributed by atoms with Gasteiger partial charge in [-0.3, -0.25) is 19.5 Å². The summed E-state index contributed by atoms with van der Waals surface area (Å²) in [4.78, 5) is 47.5. The number of carbonyl (C=O) groups excluding carboxylic acids is 3. The molecule has 13 atom stereocenters. The van der Waals surface area contributed by atoms with Crippen LogP contribution in [0.3, 0.4) is 0 Å². The summed E-state index contributed by atoms with van der Waals surface area (Å²) in [5.74, 6) is -3.42. The number of likely N-dealkylation sites (N-methyl/N-ethyl adjacent to an activating group) is 1. The first-order valence-electron chi connectivity index (χ1n) is 16.1. The van der Waals surface area contributed by atoms with Crippen LogP contribution in [0.25, 0.3) is 0 Å². The van der Waals surface area contributed by atoms with Crippen molar-refractivity contribution in [2.45, 2.75) is 129 Å². The standard InChI is InChI=1S/C32H53N3O9/c1-11-22-32(8)26-18(4)23(34-12-13-35(26)30(39)44-32)16(2)15-31(7,40-10)27(19(5)24(36)20(6)28(38)42-22)43-29-25(37)21(33-9)14-17(3)41-29/h16-22,25-27,29,33,37H,11-15H2,1-10H3/t16-,17-,18+,19+,20-,21+,22-,25-,26-,27-,29+,31-,32-/m1/s1. The molecule has 250 valence electrons. The molecule has 0 saturated carbocycles. The van der Waals surface area contributed by atoms with Crippen LogP contribution in [0.15, 0.2) is 4.99 Å². The summed E-state index contributed by atoms with van der Waals surface area (Å²) in [6.07, 6.45) is -2.96. The number of aliphatic hydroxyl groups is 1. The van der Waals surface area contributed by atoms with Gasteiger partial charge in [-0.1, -0.05) is 27.7 Å². The molecular formula is C32H53N3O9. The third-order valence-electron chi connectivity index (χ3n) is 10.6. The van der Waals surface area contributed by atoms with E-state index in [1.54, 1.807) is 26.0 Å². The molecule has 4 aliphatic heterocycles. The number of nitrogens with zero attached hydrogens (tertiary/aromatic N) is 2. The number of methoxy groups -OCH3 is 1. The minimum absolute atomic E-state index is 0.146. The van der Waals surface area contributed by atoms with Crippen molar-refractivity contribution >= 4 is 23.6 Å². The van der Waals surface area contributed by atoms with Gasteiger partial charge in [0.25, 0.3) is 0 Å². The van der Waals surface area contributed by atoms with E-state index >= 15 is 0 Å². The molecule has 3 saturated heterocycles. The van der Waals surface area contributed by atoms with Crippen LogP contribution >= 0.6 is 0 Å². The lowest BCUT2D eigenvalue weighted by Crippen LogP contribution is -2.60. The lowest BCUT2D eigenvalue weighted by molar-refractivity contribution is -0.289. The molecule has 0 radical (unpaired) electrons. The number of hydrogen-bond donors (Lipinski definition) is 2. The Kier molecular flexibility index (Phi) is 10.5. The number of aliphatic imine (C=N–C) groups is 1. The summed E-state index contributed by atoms with van der Waals surface area (Å²) >= 11 is 0. The molecule has 0 aromatic rings. The fraction of sp³-hybridized carbons (Fsp3) is 0.875. The minimum atomic E-state index is -1.14. The fourth-order valence-corrected chi connectivity index (χ4v) is 8.10. The number of esters is 1. The molecule has 1 amide bonds. The van der Waals surface area contributed by atoms with Crippen LogP contribution in [0, 0.1) is 23.7 Å². The summed E-state index contributed by atoms with van der Waals surface area (Å²) in [6.45, 7) is 15.6. The van der Waals surface area contributed by atoms with Crippen LogP contribution in [0.2, 0.25) is 0 Å². The zero-order valence-electron chi connectivity index (χ0n) is 28.0. The van der Waals surface area contributed by atoms with Crippen molar-refractivity contribution in [3.05, 3.63) is 0 Å². The number of ketones is 1. The van der Waals surface area contributed by atoms with Gasteiger partial charge >= 0.3 is 12.1 Å². The summed E-state index contributed by atoms with van der Waals surface area (Å²) in [5.41, 5.74) is -1.31. The van der Waals surface area contributed by atoms with E-state index in [1.165, 1.54) is 6.92 Å². The van der Waals surface area contributed by atoms with E-state index in [2.05, 4.69) is 12.2 Å². The average Bonchev–Trinajstić information content (AvgIpc) is 3.11. The molecule has 2 bridgehead atoms. The number of carbonyl (C=O) groups is 3. The maximum Gasteiger partial charge on any atom is 0.410 e. The molecular weight excluding hydrogens is 570 g/mol. The number of rotatable bonds is 5. The minimum Gasteiger partial charge on any atom is -0.458 e. The second kappa shape index (κ2) is 13.3. The van der Waals surface area contributed by atoms with Gasteiger partial charge in [-0.05, 0) is 59.9 Å². The SMILES string of the molecule is CC[C@H]1OC(=O)[C@H](C)C(=O)[C@H](C)[C@@H](O[C@@H]2O[C@H](C)C[C@H](NC)[C@H]2O)[C@](C)(OC)C[C@@H](C)C2=NCCN3C(=O)O[C@@]1(C)[C@H]3[C@H]2C. The Morgan fingerprint density at radius 1 is 1.11 bits per heavy atom. The highest BCUT2D eigenvalue weighted by Gasteiger charge is 2.60. The molecule has 4 rings (SSSR count). The molecule has 0 spiro atoms. The number of Topliss-reactive ketones (excluding diaryl/α,β-unsaturated/α-hetero) is 1. The van der Waals surface area contributed by atoms with Crippen LogP contribution in [-0.2, 0) is 33.3 Å². The molecule has 12 nitrogen and oxygen atoms in total. The van der Waals surface area contributed by atoms with Crippen LogP contribution in [-0.4, -0.2) is 115 Å². The lowest BCUT2D eigenvalue weighted by Gasteiger charge is -2.46. The van der Waals surface area contributed by atoms with Crippen LogP contribution in [0.1, 0.15) is 74.7 Å². The Hall–Kier alpha value is -2.12. The summed E-state index contributed by atoms with van der Waals surface area (Å²) in [6, 6.07) is -0.702. The van der Waals surface area contributed by atoms with Gasteiger partial charge in [0.15, 0.2) is 17.7 Å². The number of aliphatic hydroxyl groups excluding tert-OH is 1. The molecule has 0 unspecified atom stereocenters. The second-order valence-electron chi connectivity index (χ2n) is 13.6. The number of ether oxygens (including phenoxy) is 5. The first kappa shape index (κ1) is 34.7. The van der Waals surface area contributed by atoms with E-state index in [-0.39, 0.29) is 29.8 Å². The molecule has 2 N–H and O–H groups in total. The summed E-state index contributed by atoms with van der Waals surface area (Å²) in [5, 5.41) is 14.3. The van der Waals surface area contributed by atoms with E-state index in [0.29, 0.717) is 32.4 Å². The van der Waals surface area contributed by atoms with Crippen molar-refractivity contribution in [3.8, 4) is 0 Å². The largest absolute Gasteiger partial charge is 0.458 e. The van der Waals surface area contributed by atoms with Gasteiger partial charge in [0.1, 0.15) is 18.1 Å². The Bertz CT molecular complexity index is 1120. The number of amides is 1. The van der Waals surface area contributed by atoms with Crippen molar-refractivity contribution in [2.24, 2.45) is 28.7 Å². The van der Waals surface area contributed by atoms with Gasteiger partial charge in [-0.2, -0.15) is 0 Å². The molecule has 0 aromatic heterocycles. The Labute approximate surface area is 261 Å². The van der Waals surface area contributed by atoms with Crippen molar-refractivity contribution in [3.63, 3.8) is 0 Å². The smallest absolute Gasteiger partial charge is 0.410 e. The lowest BCUT2D eigenvalue weighted by atomic mass is 9.73. The van der Waals surface area contributed by atoms with E-state index in [0.717, 1.165) is 5.71 Å². The average molecular weight is 624 g/mol. The Morgan fingerprint density at radius 2 is 1.80 bits per heavy atom. The van der Waals surface area contributed by atoms with Gasteiger partial charge in [0.2, 0.25) is 0 Å². The molecule has 4 aliphatic rings. The van der Waals surface area contributed by atoms with Crippen LogP contribution in [0.5, 0.6) is 0 Å². The number of nitrogens with one attached hydrogen (secondary N) is 1. The zero-order chi connectivity index (χ0) is 32.7. The van der Waals surface area contributed by atoms with Crippen molar-refractivity contribution in [2.75, 3.05) is 27.2 Å². The van der Waals surface area contributed by atoms with Gasteiger partial charge in [-0.25, -0.2) is 4.79 Å². The van der Waals surface area contributed by atoms with Crippen molar-refractivity contribution in [1.29, 1.82) is 0 Å². The topological polar surface area (TPSA) is 145 Å². The quantitative estimate of drug-likeness (QED) is 0.346. The second-order valence-corrected chi connectivity index (χ2v) is 13.6. The number of hydrogen-bond acceptors (Lipinski definition) is 11. The third-order valence-corrected chi connectivity index (χ3v) is 10.6. The predicted octanol–water partition coefficient (Wildman–Crippen LogP) is 2.73. The fourth-order valence-electron chi connectivity index (χ4n) is 8.10. The van der Waals surface area contributed by atoms with Gasteiger partial charge in [0.05, 0.1) is 30.4 Å². The van der Waals surface area contributed by atoms with Crippen LogP contribution in [0.4, 0.5) is 4.79 Å². The molecule has 3 fully saturated rings. The summed E-state index contributed by atoms with van der Waals surface area (Å²) < 4.78 is 30.9. The van der Waals surface area contributed by atoms with E-state index < -0.39 is 65.7 Å². The molecule has 44 heavy (non-hydrogen) atoms. The maximum absolute atomic E-state index is 14.0. The highest BCUT2D eigenvalue weighted by Crippen LogP contribution is 2.43. The van der Waals surface area contributed by atoms with Gasteiger partial charge in [-0.15, -0.1) is 0 Å². The van der Waals surface area contributed by atoms with Crippen LogP contribution < -0.4 is 5.32 Å². The van der Waals surface area contributed by atoms with Crippen molar-refractivity contribution < 1.29 is 43.2 Å². The molecule has 12 heteroatoms. The first-order chi connectivity index (χ1) is 20.6. The number of fused-ring (bicyclic) bond motifs is 1. The molecule has 4 heterocycles. The third kappa shape index (κ3) is 6.17. The highest BCUT2D eigenvalue weighted by molar-refractivity contribution is 6.00. The molecule has 0 aromatic carbocycles. The zero-order valence-corrected chi connectivity index (χ0v) is 28.0. The monoisotopic (exact) mass is 623 g/mol. The maximum atomic E-state index is 14.0. The predicted molar refractivity (Wildman–Crippen MR) is 162 cm³/mol. The summed E-state index contributed by atoms with van der Waals surface area (Å²) in [7, 11) is 3.35. The Morgan fingerprint density at radius 3 is 2.41 bits per heavy atom. The van der Waals surface area contributed by atoms with Gasteiger partial charge < -0.3 is 34.1 Å². The molecule has 0 aliphatic carbocycles. The normalized spacial score (nSPS) is 45.6. The Balaban J connectivity index is 1.80. The van der Waals surface area contributed by atoms with E-state index in [1.807, 2.05) is 34.6 Å². The van der Waals surface area contributed by atoms with Crippen molar-refractivity contribution in [1.82, 2.24) is 10.2 Å². The number of cyclic esters (lactones) is 1. The highest BCUT2D eigenvalue weighted by atomic mass is 16.7. The van der Waals surface area contributed by atoms with Gasteiger partial charge in [0, 0.05) is 37.2 Å².